The molecule has 2 amide bonds. The first-order valence-electron chi connectivity index (χ1n) is 13.0. The molecule has 3 rings (SSSR count). The number of carbonyl (C=O) groups is 2. The molecule has 1 aromatic carbocycles. The summed E-state index contributed by atoms with van der Waals surface area (Å²) >= 11 is 0. The van der Waals surface area contributed by atoms with Crippen molar-refractivity contribution in [3.8, 4) is 0 Å². The molecule has 0 spiro atoms. The molecule has 0 radical (unpaired) electrons. The molecule has 0 heterocycles. The number of nitrogens with one attached hydrogen (secondary N) is 1. The maximum absolute atomic E-state index is 14.1. The monoisotopic (exact) mass is 497 g/mol. The van der Waals surface area contributed by atoms with E-state index in [1.807, 2.05) is 64.0 Å². The highest BCUT2D eigenvalue weighted by Gasteiger charge is 2.49. The lowest BCUT2D eigenvalue weighted by molar-refractivity contribution is -0.124. The minimum atomic E-state index is -1.63. The number of anilines is 2. The van der Waals surface area contributed by atoms with Crippen molar-refractivity contribution < 1.29 is 19.4 Å². The van der Waals surface area contributed by atoms with E-state index in [2.05, 4.69) is 5.32 Å². The fourth-order valence-electron chi connectivity index (χ4n) is 5.21. The van der Waals surface area contributed by atoms with E-state index in [1.165, 1.54) is 14.0 Å². The predicted molar refractivity (Wildman–Crippen MR) is 145 cm³/mol. The Balaban J connectivity index is 2.05. The number of nitrogens with zero attached hydrogens (tertiary/aromatic N) is 2. The number of rotatable bonds is 6. The van der Waals surface area contributed by atoms with Crippen LogP contribution in [0.15, 0.2) is 47.7 Å². The summed E-state index contributed by atoms with van der Waals surface area (Å²) in [5.41, 5.74) is 0.374. The van der Waals surface area contributed by atoms with Crippen LogP contribution in [0.25, 0.3) is 0 Å². The summed E-state index contributed by atoms with van der Waals surface area (Å²) in [5, 5.41) is 14.5. The van der Waals surface area contributed by atoms with Gasteiger partial charge in [0.15, 0.2) is 11.3 Å². The smallest absolute Gasteiger partial charge is 0.323 e. The van der Waals surface area contributed by atoms with E-state index in [0.29, 0.717) is 11.3 Å². The first-order chi connectivity index (χ1) is 16.9. The summed E-state index contributed by atoms with van der Waals surface area (Å²) in [4.78, 5) is 31.1. The second kappa shape index (κ2) is 11.1. The SMILES string of the molecule is COC1=CC(NC(=O)N(c2ccc(N(C)C)cc2)C2CCCCCC2)(C(C)=O)C(O)C(C(C)(C)C)=C1. The number of hydrogen-bond donors (Lipinski definition) is 2. The number of methoxy groups -OCH3 is 1. The molecular weight excluding hydrogens is 454 g/mol. The molecular formula is C29H43N3O4. The summed E-state index contributed by atoms with van der Waals surface area (Å²) in [7, 11) is 5.48. The zero-order chi connectivity index (χ0) is 26.7. The Morgan fingerprint density at radius 2 is 1.58 bits per heavy atom. The highest BCUT2D eigenvalue weighted by Crippen LogP contribution is 2.39. The third-order valence-electron chi connectivity index (χ3n) is 7.44. The van der Waals surface area contributed by atoms with Crippen molar-refractivity contribution >= 4 is 23.2 Å². The van der Waals surface area contributed by atoms with Gasteiger partial charge in [0.05, 0.1) is 7.11 Å². The number of allylic oxidation sites excluding steroid dienone is 1. The van der Waals surface area contributed by atoms with Gasteiger partial charge >= 0.3 is 6.03 Å². The quantitative estimate of drug-likeness (QED) is 0.528. The Labute approximate surface area is 216 Å². The molecule has 7 heteroatoms. The largest absolute Gasteiger partial charge is 0.497 e. The van der Waals surface area contributed by atoms with Crippen molar-refractivity contribution in [3.05, 3.63) is 47.7 Å². The second-order valence-electron chi connectivity index (χ2n) is 11.3. The van der Waals surface area contributed by atoms with Crippen molar-refractivity contribution in [2.75, 3.05) is 31.0 Å². The van der Waals surface area contributed by atoms with Gasteiger partial charge in [-0.3, -0.25) is 9.69 Å². The summed E-state index contributed by atoms with van der Waals surface area (Å²) < 4.78 is 5.52. The van der Waals surface area contributed by atoms with Crippen LogP contribution in [-0.4, -0.2) is 55.8 Å². The molecule has 2 aliphatic carbocycles. The van der Waals surface area contributed by atoms with Crippen LogP contribution in [0.3, 0.4) is 0 Å². The summed E-state index contributed by atoms with van der Waals surface area (Å²) in [6, 6.07) is 7.50. The minimum absolute atomic E-state index is 0.00551. The first kappa shape index (κ1) is 27.8. The lowest BCUT2D eigenvalue weighted by Gasteiger charge is -2.43. The van der Waals surface area contributed by atoms with Crippen LogP contribution in [0, 0.1) is 5.41 Å². The van der Waals surface area contributed by atoms with Crippen molar-refractivity contribution in [2.45, 2.75) is 83.9 Å². The van der Waals surface area contributed by atoms with E-state index >= 15 is 0 Å². The molecule has 2 unspecified atom stereocenters. The number of carbonyl (C=O) groups excluding carboxylic acids is 2. The van der Waals surface area contributed by atoms with E-state index < -0.39 is 23.1 Å². The summed E-state index contributed by atoms with van der Waals surface area (Å²) in [5.74, 6) is 0.0913. The van der Waals surface area contributed by atoms with Crippen LogP contribution >= 0.6 is 0 Å². The lowest BCUT2D eigenvalue weighted by Crippen LogP contribution is -2.65. The number of hydrogen-bond acceptors (Lipinski definition) is 5. The van der Waals surface area contributed by atoms with Crippen LogP contribution in [0.4, 0.5) is 16.2 Å². The molecule has 0 aliphatic heterocycles. The molecule has 1 saturated carbocycles. The Morgan fingerprint density at radius 1 is 1.03 bits per heavy atom. The van der Waals surface area contributed by atoms with Crippen molar-refractivity contribution in [1.29, 1.82) is 0 Å². The zero-order valence-corrected chi connectivity index (χ0v) is 22.9. The molecule has 2 aliphatic rings. The van der Waals surface area contributed by atoms with Crippen LogP contribution in [0.1, 0.15) is 66.2 Å². The maximum atomic E-state index is 14.1. The minimum Gasteiger partial charge on any atom is -0.497 e. The summed E-state index contributed by atoms with van der Waals surface area (Å²) in [6.45, 7) is 7.31. The molecule has 0 bridgehead atoms. The van der Waals surface area contributed by atoms with Crippen molar-refractivity contribution in [2.24, 2.45) is 5.41 Å². The normalized spacial score (nSPS) is 23.2. The second-order valence-corrected chi connectivity index (χ2v) is 11.3. The average molecular weight is 498 g/mol. The highest BCUT2D eigenvalue weighted by molar-refractivity contribution is 6.00. The van der Waals surface area contributed by atoms with E-state index in [-0.39, 0.29) is 11.8 Å². The molecule has 1 fully saturated rings. The predicted octanol–water partition coefficient (Wildman–Crippen LogP) is 5.20. The lowest BCUT2D eigenvalue weighted by atomic mass is 9.71. The zero-order valence-electron chi connectivity index (χ0n) is 22.9. The van der Waals surface area contributed by atoms with Crippen LogP contribution in [0.5, 0.6) is 0 Å². The van der Waals surface area contributed by atoms with Crippen molar-refractivity contribution in [1.82, 2.24) is 5.32 Å². The number of amides is 2. The Morgan fingerprint density at radius 3 is 2.06 bits per heavy atom. The van der Waals surface area contributed by atoms with Crippen LogP contribution in [-0.2, 0) is 9.53 Å². The number of ether oxygens (including phenoxy) is 1. The number of aliphatic hydroxyl groups is 1. The molecule has 36 heavy (non-hydrogen) atoms. The van der Waals surface area contributed by atoms with E-state index in [1.54, 1.807) is 17.1 Å². The molecule has 2 N–H and O–H groups in total. The first-order valence-corrected chi connectivity index (χ1v) is 13.0. The number of Topliss-reactive ketones (excluding diaryl/α,β-unsaturated/α-hetero) is 1. The molecule has 1 aromatic rings. The fourth-order valence-corrected chi connectivity index (χ4v) is 5.21. The highest BCUT2D eigenvalue weighted by atomic mass is 16.5. The molecule has 0 saturated heterocycles. The molecule has 0 aromatic heterocycles. The van der Waals surface area contributed by atoms with Gasteiger partial charge in [0.2, 0.25) is 0 Å². The number of urea groups is 1. The van der Waals surface area contributed by atoms with Gasteiger partial charge < -0.3 is 20.1 Å². The topological polar surface area (TPSA) is 82.1 Å². The van der Waals surface area contributed by atoms with Gasteiger partial charge in [-0.15, -0.1) is 0 Å². The van der Waals surface area contributed by atoms with E-state index in [0.717, 1.165) is 49.9 Å². The Kier molecular flexibility index (Phi) is 8.55. The fraction of sp³-hybridized carbons (Fsp3) is 0.586. The Bertz CT molecular complexity index is 998. The van der Waals surface area contributed by atoms with E-state index in [9.17, 15) is 14.7 Å². The third-order valence-corrected chi connectivity index (χ3v) is 7.44. The number of benzene rings is 1. The van der Waals surface area contributed by atoms with Gasteiger partial charge in [0.25, 0.3) is 0 Å². The van der Waals surface area contributed by atoms with Gasteiger partial charge in [-0.25, -0.2) is 4.79 Å². The van der Waals surface area contributed by atoms with Gasteiger partial charge in [0.1, 0.15) is 11.9 Å². The maximum Gasteiger partial charge on any atom is 0.323 e. The standard InChI is InChI=1S/C29H43N3O4/c1-20(33)29(19-24(36-7)18-25(26(29)34)28(2,3)4)30-27(35)32(22-12-10-8-9-11-13-22)23-16-14-21(15-17-23)31(5)6/h14-19,22,26,34H,8-13H2,1-7H3,(H,30,35). The van der Waals surface area contributed by atoms with Crippen LogP contribution in [0.2, 0.25) is 0 Å². The van der Waals surface area contributed by atoms with E-state index in [4.69, 9.17) is 4.74 Å². The van der Waals surface area contributed by atoms with Gasteiger partial charge in [-0.05, 0) is 67.2 Å². The van der Waals surface area contributed by atoms with Crippen molar-refractivity contribution in [3.63, 3.8) is 0 Å². The number of ketones is 1. The van der Waals surface area contributed by atoms with Gasteiger partial charge in [-0.1, -0.05) is 46.5 Å². The van der Waals surface area contributed by atoms with Gasteiger partial charge in [-0.2, -0.15) is 0 Å². The third kappa shape index (κ3) is 5.77. The van der Waals surface area contributed by atoms with Crippen LogP contribution < -0.4 is 15.1 Å². The molecule has 7 nitrogen and oxygen atoms in total. The number of aliphatic hydroxyl groups excluding tert-OH is 1. The average Bonchev–Trinajstić information content (AvgIpc) is 3.09. The summed E-state index contributed by atoms with van der Waals surface area (Å²) in [6.07, 6.45) is 8.29. The molecule has 2 atom stereocenters. The van der Waals surface area contributed by atoms with Gasteiger partial charge in [0, 0.05) is 31.5 Å². The Hall–Kier alpha value is -2.80. The molecule has 198 valence electrons.